The van der Waals surface area contributed by atoms with Crippen LogP contribution in [-0.4, -0.2) is 28.5 Å². The molecule has 0 radical (unpaired) electrons. The molecule has 4 unspecified atom stereocenters. The van der Waals surface area contributed by atoms with Gasteiger partial charge in [-0.25, -0.2) is 0 Å². The second kappa shape index (κ2) is 7.15. The fourth-order valence-corrected chi connectivity index (χ4v) is 3.42. The first-order valence-corrected chi connectivity index (χ1v) is 8.17. The number of aliphatic hydroxyl groups is 2. The van der Waals surface area contributed by atoms with Gasteiger partial charge in [-0.15, -0.1) is 0 Å². The minimum Gasteiger partial charge on any atom is -0.390 e. The Bertz CT molecular complexity index is 705. The van der Waals surface area contributed by atoms with E-state index in [1.165, 1.54) is 6.07 Å². The zero-order valence-electron chi connectivity index (χ0n) is 13.4. The second-order valence-electron chi connectivity index (χ2n) is 6.42. The molecule has 0 amide bonds. The van der Waals surface area contributed by atoms with Crippen molar-refractivity contribution in [2.75, 3.05) is 0 Å². The van der Waals surface area contributed by atoms with Gasteiger partial charge in [0.1, 0.15) is 0 Å². The van der Waals surface area contributed by atoms with E-state index in [9.17, 15) is 23.4 Å². The largest absolute Gasteiger partial charge is 0.416 e. The van der Waals surface area contributed by atoms with Crippen molar-refractivity contribution < 1.29 is 23.4 Å². The van der Waals surface area contributed by atoms with Gasteiger partial charge in [0.25, 0.3) is 0 Å². The summed E-state index contributed by atoms with van der Waals surface area (Å²) in [5.74, 6) is -0.100. The average Bonchev–Trinajstić information content (AvgIpc) is 2.88. The quantitative estimate of drug-likeness (QED) is 0.794. The van der Waals surface area contributed by atoms with Crippen molar-refractivity contribution in [3.63, 3.8) is 0 Å². The van der Waals surface area contributed by atoms with Crippen molar-refractivity contribution in [1.82, 2.24) is 5.32 Å². The molecule has 0 aliphatic heterocycles. The van der Waals surface area contributed by atoms with Gasteiger partial charge in [-0.2, -0.15) is 13.2 Å². The van der Waals surface area contributed by atoms with Gasteiger partial charge in [-0.1, -0.05) is 48.5 Å². The van der Waals surface area contributed by atoms with E-state index in [4.69, 9.17) is 0 Å². The van der Waals surface area contributed by atoms with Crippen LogP contribution >= 0.6 is 0 Å². The zero-order valence-corrected chi connectivity index (χ0v) is 13.4. The number of hydrogen-bond acceptors (Lipinski definition) is 3. The summed E-state index contributed by atoms with van der Waals surface area (Å²) in [6.07, 6.45) is -5.79. The average molecular weight is 351 g/mol. The van der Waals surface area contributed by atoms with Crippen molar-refractivity contribution >= 4 is 0 Å². The molecule has 0 heterocycles. The van der Waals surface area contributed by atoms with Crippen LogP contribution in [0.3, 0.4) is 0 Å². The summed E-state index contributed by atoms with van der Waals surface area (Å²) >= 11 is 0. The van der Waals surface area contributed by atoms with E-state index in [1.807, 2.05) is 30.3 Å². The molecule has 1 fully saturated rings. The van der Waals surface area contributed by atoms with Crippen LogP contribution in [-0.2, 0) is 12.7 Å². The van der Waals surface area contributed by atoms with E-state index >= 15 is 0 Å². The van der Waals surface area contributed by atoms with Crippen LogP contribution in [0, 0.1) is 0 Å². The Morgan fingerprint density at radius 1 is 1.00 bits per heavy atom. The molecule has 2 aromatic carbocycles. The Hall–Kier alpha value is -1.89. The molecule has 0 spiro atoms. The molecule has 6 heteroatoms. The molecular formula is C19H20F3NO2. The van der Waals surface area contributed by atoms with Crippen LogP contribution in [0.5, 0.6) is 0 Å². The third-order valence-electron chi connectivity index (χ3n) is 4.72. The monoisotopic (exact) mass is 351 g/mol. The molecule has 0 bridgehead atoms. The van der Waals surface area contributed by atoms with Gasteiger partial charge in [0.15, 0.2) is 0 Å². The SMILES string of the molecule is OC1CC(c2ccccc2)C(NCc2cccc(C(F)(F)F)c2)C1O. The lowest BCUT2D eigenvalue weighted by Gasteiger charge is -2.24. The van der Waals surface area contributed by atoms with E-state index in [0.717, 1.165) is 17.7 Å². The molecule has 0 saturated heterocycles. The summed E-state index contributed by atoms with van der Waals surface area (Å²) in [7, 11) is 0. The van der Waals surface area contributed by atoms with Crippen LogP contribution in [0.15, 0.2) is 54.6 Å². The summed E-state index contributed by atoms with van der Waals surface area (Å²) < 4.78 is 38.4. The van der Waals surface area contributed by atoms with Crippen molar-refractivity contribution in [2.24, 2.45) is 0 Å². The summed E-state index contributed by atoms with van der Waals surface area (Å²) in [5, 5.41) is 23.4. The minimum absolute atomic E-state index is 0.100. The van der Waals surface area contributed by atoms with Crippen molar-refractivity contribution in [3.05, 3.63) is 71.3 Å². The molecule has 4 atom stereocenters. The molecular weight excluding hydrogens is 331 g/mol. The number of alkyl halides is 3. The first kappa shape index (κ1) is 17.9. The highest BCUT2D eigenvalue weighted by Crippen LogP contribution is 2.35. The van der Waals surface area contributed by atoms with Gasteiger partial charge in [0.05, 0.1) is 17.8 Å². The van der Waals surface area contributed by atoms with Crippen LogP contribution < -0.4 is 5.32 Å². The highest BCUT2D eigenvalue weighted by atomic mass is 19.4. The lowest BCUT2D eigenvalue weighted by molar-refractivity contribution is -0.137. The predicted molar refractivity (Wildman–Crippen MR) is 87.9 cm³/mol. The van der Waals surface area contributed by atoms with E-state index < -0.39 is 30.0 Å². The van der Waals surface area contributed by atoms with E-state index in [0.29, 0.717) is 12.0 Å². The van der Waals surface area contributed by atoms with E-state index in [1.54, 1.807) is 6.07 Å². The third kappa shape index (κ3) is 4.03. The summed E-state index contributed by atoms with van der Waals surface area (Å²) in [5.41, 5.74) is 0.772. The number of aliphatic hydroxyl groups excluding tert-OH is 2. The summed E-state index contributed by atoms with van der Waals surface area (Å²) in [6.45, 7) is 0.182. The van der Waals surface area contributed by atoms with E-state index in [-0.39, 0.29) is 12.5 Å². The molecule has 2 aromatic rings. The van der Waals surface area contributed by atoms with Crippen molar-refractivity contribution in [3.8, 4) is 0 Å². The van der Waals surface area contributed by atoms with Crippen molar-refractivity contribution in [2.45, 2.75) is 43.3 Å². The summed E-state index contributed by atoms with van der Waals surface area (Å²) in [4.78, 5) is 0. The first-order chi connectivity index (χ1) is 11.9. The molecule has 3 N–H and O–H groups in total. The number of nitrogens with one attached hydrogen (secondary N) is 1. The van der Waals surface area contributed by atoms with E-state index in [2.05, 4.69) is 5.32 Å². The number of hydrogen-bond donors (Lipinski definition) is 3. The number of rotatable bonds is 4. The molecule has 1 saturated carbocycles. The molecule has 0 aromatic heterocycles. The fourth-order valence-electron chi connectivity index (χ4n) is 3.42. The normalized spacial score (nSPS) is 26.8. The highest BCUT2D eigenvalue weighted by Gasteiger charge is 2.41. The second-order valence-corrected chi connectivity index (χ2v) is 6.42. The van der Waals surface area contributed by atoms with Crippen LogP contribution in [0.2, 0.25) is 0 Å². The Balaban J connectivity index is 1.74. The Morgan fingerprint density at radius 2 is 1.72 bits per heavy atom. The minimum atomic E-state index is -4.38. The molecule has 25 heavy (non-hydrogen) atoms. The number of benzene rings is 2. The topological polar surface area (TPSA) is 52.5 Å². The van der Waals surface area contributed by atoms with Crippen LogP contribution in [0.25, 0.3) is 0 Å². The predicted octanol–water partition coefficient (Wildman–Crippen LogP) is 3.07. The van der Waals surface area contributed by atoms with Gasteiger partial charge in [-0.3, -0.25) is 0 Å². The maximum Gasteiger partial charge on any atom is 0.416 e. The van der Waals surface area contributed by atoms with Gasteiger partial charge in [-0.05, 0) is 23.6 Å². The molecule has 3 rings (SSSR count). The van der Waals surface area contributed by atoms with Gasteiger partial charge < -0.3 is 15.5 Å². The first-order valence-electron chi connectivity index (χ1n) is 8.17. The lowest BCUT2D eigenvalue weighted by Crippen LogP contribution is -2.41. The molecule has 1 aliphatic rings. The Morgan fingerprint density at radius 3 is 2.40 bits per heavy atom. The third-order valence-corrected chi connectivity index (χ3v) is 4.72. The number of halogens is 3. The van der Waals surface area contributed by atoms with Crippen molar-refractivity contribution in [1.29, 1.82) is 0 Å². The molecule has 3 nitrogen and oxygen atoms in total. The maximum atomic E-state index is 12.8. The fraction of sp³-hybridized carbons (Fsp3) is 0.368. The van der Waals surface area contributed by atoms with Crippen LogP contribution in [0.1, 0.15) is 29.0 Å². The van der Waals surface area contributed by atoms with Gasteiger partial charge >= 0.3 is 6.18 Å². The van der Waals surface area contributed by atoms with Gasteiger partial charge in [0.2, 0.25) is 0 Å². The maximum absolute atomic E-state index is 12.8. The van der Waals surface area contributed by atoms with Gasteiger partial charge in [0, 0.05) is 18.5 Å². The Labute approximate surface area is 144 Å². The highest BCUT2D eigenvalue weighted by molar-refractivity contribution is 5.27. The standard InChI is InChI=1S/C19H20F3NO2/c20-19(21,22)14-8-4-5-12(9-14)11-23-17-15(10-16(24)18(17)25)13-6-2-1-3-7-13/h1-9,15-18,23-25H,10-11H2. The molecule has 134 valence electrons. The Kier molecular flexibility index (Phi) is 5.13. The summed E-state index contributed by atoms with van der Waals surface area (Å²) in [6, 6.07) is 14.2. The van der Waals surface area contributed by atoms with Crippen LogP contribution in [0.4, 0.5) is 13.2 Å². The molecule has 1 aliphatic carbocycles. The smallest absolute Gasteiger partial charge is 0.390 e. The zero-order chi connectivity index (χ0) is 18.0. The lowest BCUT2D eigenvalue weighted by atomic mass is 9.93.